The minimum atomic E-state index is -0.518. The number of pyridine rings is 1. The summed E-state index contributed by atoms with van der Waals surface area (Å²) < 4.78 is 12.5. The van der Waals surface area contributed by atoms with Crippen molar-refractivity contribution >= 4 is 11.6 Å². The van der Waals surface area contributed by atoms with Crippen LogP contribution < -0.4 is 5.73 Å². The van der Waals surface area contributed by atoms with Crippen LogP contribution in [-0.2, 0) is 0 Å². The molecule has 0 aliphatic carbocycles. The molecule has 11 heavy (non-hydrogen) atoms. The minimum absolute atomic E-state index is 0.0623. The van der Waals surface area contributed by atoms with Crippen molar-refractivity contribution in [1.29, 1.82) is 0 Å². The summed E-state index contributed by atoms with van der Waals surface area (Å²) in [4.78, 5) is 3.75. The number of rotatable bonds is 1. The highest BCUT2D eigenvalue weighted by molar-refractivity contribution is 6.30. The lowest BCUT2D eigenvalue weighted by Crippen LogP contribution is -2.07. The molecule has 0 amide bonds. The summed E-state index contributed by atoms with van der Waals surface area (Å²) in [5.41, 5.74) is 6.08. The van der Waals surface area contributed by atoms with E-state index in [1.807, 2.05) is 0 Å². The summed E-state index contributed by atoms with van der Waals surface area (Å²) in [6.07, 6.45) is 1.07. The second kappa shape index (κ2) is 3.15. The molecule has 1 unspecified atom stereocenters. The predicted octanol–water partition coefficient (Wildman–Crippen LogP) is 1.89. The second-order valence-electron chi connectivity index (χ2n) is 2.31. The fraction of sp³-hybridized carbons (Fsp3) is 0.286. The van der Waals surface area contributed by atoms with Crippen LogP contribution in [0, 0.1) is 5.82 Å². The van der Waals surface area contributed by atoms with Crippen LogP contribution in [0.25, 0.3) is 0 Å². The van der Waals surface area contributed by atoms with E-state index in [-0.39, 0.29) is 11.1 Å². The fourth-order valence-electron chi connectivity index (χ4n) is 0.678. The van der Waals surface area contributed by atoms with Gasteiger partial charge < -0.3 is 5.73 Å². The Kier molecular flexibility index (Phi) is 2.42. The number of hydrogen-bond acceptors (Lipinski definition) is 2. The van der Waals surface area contributed by atoms with Crippen molar-refractivity contribution < 1.29 is 4.39 Å². The Morgan fingerprint density at radius 3 is 2.82 bits per heavy atom. The van der Waals surface area contributed by atoms with E-state index in [9.17, 15) is 4.39 Å². The van der Waals surface area contributed by atoms with Crippen molar-refractivity contribution in [3.05, 3.63) is 28.8 Å². The highest BCUT2D eigenvalue weighted by Crippen LogP contribution is 2.16. The lowest BCUT2D eigenvalue weighted by atomic mass is 10.2. The Balaban J connectivity index is 3.05. The van der Waals surface area contributed by atoms with Gasteiger partial charge in [0.1, 0.15) is 0 Å². The van der Waals surface area contributed by atoms with Gasteiger partial charge in [0.25, 0.3) is 0 Å². The Morgan fingerprint density at radius 1 is 1.73 bits per heavy atom. The van der Waals surface area contributed by atoms with Crippen LogP contribution in [0.4, 0.5) is 4.39 Å². The summed E-state index contributed by atoms with van der Waals surface area (Å²) in [5.74, 6) is -0.518. The molecule has 1 aromatic rings. The molecule has 0 spiro atoms. The first-order valence-corrected chi connectivity index (χ1v) is 3.55. The molecule has 1 heterocycles. The molecule has 2 N–H and O–H groups in total. The monoisotopic (exact) mass is 174 g/mol. The third-order valence-corrected chi connectivity index (χ3v) is 1.59. The van der Waals surface area contributed by atoms with E-state index in [0.29, 0.717) is 5.69 Å². The molecule has 0 saturated carbocycles. The van der Waals surface area contributed by atoms with Crippen LogP contribution in [-0.4, -0.2) is 4.98 Å². The average Bonchev–Trinajstić information content (AvgIpc) is 1.94. The third-order valence-electron chi connectivity index (χ3n) is 1.30. The van der Waals surface area contributed by atoms with Gasteiger partial charge in [0, 0.05) is 6.04 Å². The smallest absolute Gasteiger partial charge is 0.160 e. The van der Waals surface area contributed by atoms with Gasteiger partial charge in [-0.2, -0.15) is 0 Å². The van der Waals surface area contributed by atoms with Crippen molar-refractivity contribution in [2.75, 3.05) is 0 Å². The van der Waals surface area contributed by atoms with Crippen LogP contribution in [0.1, 0.15) is 18.7 Å². The highest BCUT2D eigenvalue weighted by Gasteiger charge is 2.04. The maximum Gasteiger partial charge on any atom is 0.160 e. The van der Waals surface area contributed by atoms with Gasteiger partial charge in [-0.05, 0) is 13.0 Å². The summed E-state index contributed by atoms with van der Waals surface area (Å²) >= 11 is 5.49. The minimum Gasteiger partial charge on any atom is -0.323 e. The summed E-state index contributed by atoms with van der Waals surface area (Å²) in [7, 11) is 0. The molecule has 0 bridgehead atoms. The van der Waals surface area contributed by atoms with Gasteiger partial charge in [0.2, 0.25) is 0 Å². The molecule has 0 aliphatic rings. The lowest BCUT2D eigenvalue weighted by molar-refractivity contribution is 0.616. The van der Waals surface area contributed by atoms with Crippen LogP contribution >= 0.6 is 11.6 Å². The molecule has 0 fully saturated rings. The topological polar surface area (TPSA) is 38.9 Å². The average molecular weight is 175 g/mol. The molecule has 1 aromatic heterocycles. The number of nitrogens with zero attached hydrogens (tertiary/aromatic N) is 1. The molecule has 4 heteroatoms. The molecular weight excluding hydrogens is 167 g/mol. The van der Waals surface area contributed by atoms with Crippen LogP contribution in [0.5, 0.6) is 0 Å². The maximum absolute atomic E-state index is 12.5. The number of nitrogens with two attached hydrogens (primary N) is 1. The van der Waals surface area contributed by atoms with Crippen molar-refractivity contribution in [3.63, 3.8) is 0 Å². The van der Waals surface area contributed by atoms with Crippen LogP contribution in [0.3, 0.4) is 0 Å². The van der Waals surface area contributed by atoms with Gasteiger partial charge in [0.15, 0.2) is 5.82 Å². The summed E-state index contributed by atoms with van der Waals surface area (Å²) in [6, 6.07) is 1.22. The number of aromatic nitrogens is 1. The van der Waals surface area contributed by atoms with Crippen molar-refractivity contribution in [2.24, 2.45) is 5.73 Å². The molecule has 0 aromatic carbocycles. The molecule has 2 nitrogen and oxygen atoms in total. The Hall–Kier alpha value is -0.670. The fourth-order valence-corrected chi connectivity index (χ4v) is 0.839. The molecular formula is C7H8ClFN2. The first-order valence-electron chi connectivity index (χ1n) is 3.18. The van der Waals surface area contributed by atoms with Gasteiger partial charge >= 0.3 is 0 Å². The van der Waals surface area contributed by atoms with Gasteiger partial charge in [-0.25, -0.2) is 4.39 Å². The lowest BCUT2D eigenvalue weighted by Gasteiger charge is -2.03. The molecule has 0 saturated heterocycles. The zero-order valence-corrected chi connectivity index (χ0v) is 6.77. The van der Waals surface area contributed by atoms with E-state index in [2.05, 4.69) is 4.98 Å². The largest absolute Gasteiger partial charge is 0.323 e. The first kappa shape index (κ1) is 8.43. The third kappa shape index (κ3) is 1.88. The first-order chi connectivity index (χ1) is 5.11. The van der Waals surface area contributed by atoms with E-state index in [4.69, 9.17) is 17.3 Å². The second-order valence-corrected chi connectivity index (χ2v) is 2.72. The highest BCUT2D eigenvalue weighted by atomic mass is 35.5. The quantitative estimate of drug-likeness (QED) is 0.706. The van der Waals surface area contributed by atoms with Crippen LogP contribution in [0.15, 0.2) is 12.3 Å². The molecule has 1 rings (SSSR count). The van der Waals surface area contributed by atoms with E-state index in [1.165, 1.54) is 6.07 Å². The van der Waals surface area contributed by atoms with Gasteiger partial charge in [0.05, 0.1) is 16.9 Å². The number of halogens is 2. The van der Waals surface area contributed by atoms with Crippen molar-refractivity contribution in [3.8, 4) is 0 Å². The van der Waals surface area contributed by atoms with Crippen molar-refractivity contribution in [2.45, 2.75) is 13.0 Å². The van der Waals surface area contributed by atoms with E-state index in [1.54, 1.807) is 6.92 Å². The standard InChI is InChI=1S/C7H8ClFN2/c1-4(10)7-2-5(8)6(9)3-11-7/h2-4H,10H2,1H3. The van der Waals surface area contributed by atoms with Gasteiger partial charge in [-0.15, -0.1) is 0 Å². The Bertz CT molecular complexity index is 263. The van der Waals surface area contributed by atoms with E-state index >= 15 is 0 Å². The van der Waals surface area contributed by atoms with E-state index < -0.39 is 5.82 Å². The number of hydrogen-bond donors (Lipinski definition) is 1. The zero-order valence-electron chi connectivity index (χ0n) is 6.01. The normalized spacial score (nSPS) is 13.1. The maximum atomic E-state index is 12.5. The Labute approximate surface area is 69.2 Å². The molecule has 60 valence electrons. The van der Waals surface area contributed by atoms with Crippen LogP contribution in [0.2, 0.25) is 5.02 Å². The Morgan fingerprint density at radius 2 is 2.36 bits per heavy atom. The summed E-state index contributed by atoms with van der Waals surface area (Å²) in [6.45, 7) is 1.76. The summed E-state index contributed by atoms with van der Waals surface area (Å²) in [5, 5.41) is 0.0623. The predicted molar refractivity (Wildman–Crippen MR) is 41.8 cm³/mol. The molecule has 0 aliphatic heterocycles. The van der Waals surface area contributed by atoms with Crippen molar-refractivity contribution in [1.82, 2.24) is 4.98 Å². The molecule has 0 radical (unpaired) electrons. The zero-order chi connectivity index (χ0) is 8.43. The molecule has 1 atom stereocenters. The SMILES string of the molecule is CC(N)c1cc(Cl)c(F)cn1. The van der Waals surface area contributed by atoms with Gasteiger partial charge in [-0.1, -0.05) is 11.6 Å². The van der Waals surface area contributed by atoms with E-state index in [0.717, 1.165) is 6.20 Å². The van der Waals surface area contributed by atoms with Gasteiger partial charge in [-0.3, -0.25) is 4.98 Å².